The van der Waals surface area contributed by atoms with E-state index in [1.807, 2.05) is 0 Å². The molecule has 4 heteroatoms. The first-order valence-corrected chi connectivity index (χ1v) is 7.80. The largest absolute Gasteiger partial charge is 0.480 e. The van der Waals surface area contributed by atoms with Crippen molar-refractivity contribution in [2.24, 2.45) is 0 Å². The third-order valence-corrected chi connectivity index (χ3v) is 3.82. The lowest BCUT2D eigenvalue weighted by Gasteiger charge is -2.32. The molecule has 1 rings (SSSR count). The molecule has 19 heavy (non-hydrogen) atoms. The summed E-state index contributed by atoms with van der Waals surface area (Å²) in [5, 5.41) is 9.11. The highest BCUT2D eigenvalue weighted by atomic mass is 16.5. The maximum absolute atomic E-state index is 11.1. The highest BCUT2D eigenvalue weighted by Crippen LogP contribution is 2.12. The summed E-state index contributed by atoms with van der Waals surface area (Å²) < 4.78 is 5.23. The second-order valence-corrected chi connectivity index (χ2v) is 5.44. The minimum atomic E-state index is -0.751. The molecule has 1 aliphatic rings. The maximum Gasteiger partial charge on any atom is 0.323 e. The van der Waals surface area contributed by atoms with Crippen LogP contribution in [0.4, 0.5) is 0 Å². The van der Waals surface area contributed by atoms with E-state index in [0.717, 1.165) is 19.5 Å². The highest BCUT2D eigenvalue weighted by Gasteiger charge is 2.28. The lowest BCUT2D eigenvalue weighted by atomic mass is 10.1. The Morgan fingerprint density at radius 2 is 1.79 bits per heavy atom. The molecule has 1 saturated heterocycles. The predicted molar refractivity (Wildman–Crippen MR) is 76.4 cm³/mol. The normalized spacial score (nSPS) is 20.6. The molecule has 1 atom stereocenters. The molecule has 0 aliphatic carbocycles. The Morgan fingerprint density at radius 1 is 1.16 bits per heavy atom. The molecule has 1 fully saturated rings. The van der Waals surface area contributed by atoms with Gasteiger partial charge in [0, 0.05) is 6.54 Å². The van der Waals surface area contributed by atoms with Gasteiger partial charge in [0.25, 0.3) is 0 Å². The first-order valence-electron chi connectivity index (χ1n) is 7.80. The number of carboxylic acids is 1. The Kier molecular flexibility index (Phi) is 8.84. The summed E-state index contributed by atoms with van der Waals surface area (Å²) in [7, 11) is 0. The molecule has 0 saturated carbocycles. The van der Waals surface area contributed by atoms with E-state index in [4.69, 9.17) is 9.84 Å². The molecule has 0 radical (unpaired) electrons. The van der Waals surface area contributed by atoms with Crippen molar-refractivity contribution in [1.29, 1.82) is 0 Å². The molecule has 112 valence electrons. The third kappa shape index (κ3) is 6.92. The van der Waals surface area contributed by atoms with Crippen molar-refractivity contribution < 1.29 is 14.6 Å². The van der Waals surface area contributed by atoms with Gasteiger partial charge in [0.15, 0.2) is 0 Å². The smallest absolute Gasteiger partial charge is 0.323 e. The lowest BCUT2D eigenvalue weighted by Crippen LogP contribution is -2.50. The SMILES string of the molecule is CCCCCCCCCCN1CCOCC1C(=O)O. The number of hydrogen-bond donors (Lipinski definition) is 1. The number of aliphatic carboxylic acids is 1. The first-order chi connectivity index (χ1) is 9.25. The number of carbonyl (C=O) groups is 1. The standard InChI is InChI=1S/C15H29NO3/c1-2-3-4-5-6-7-8-9-10-16-11-12-19-13-14(16)15(17)18/h14H,2-13H2,1H3,(H,17,18). The van der Waals surface area contributed by atoms with Crippen molar-refractivity contribution in [1.82, 2.24) is 4.90 Å². The maximum atomic E-state index is 11.1. The molecule has 0 aromatic carbocycles. The third-order valence-electron chi connectivity index (χ3n) is 3.82. The van der Waals surface area contributed by atoms with E-state index < -0.39 is 12.0 Å². The van der Waals surface area contributed by atoms with Gasteiger partial charge in [-0.1, -0.05) is 51.9 Å². The van der Waals surface area contributed by atoms with Crippen molar-refractivity contribution in [2.45, 2.75) is 64.3 Å². The van der Waals surface area contributed by atoms with Crippen LogP contribution in [0.1, 0.15) is 58.3 Å². The molecule has 0 spiro atoms. The predicted octanol–water partition coefficient (Wildman–Crippen LogP) is 2.91. The van der Waals surface area contributed by atoms with E-state index in [2.05, 4.69) is 11.8 Å². The molecule has 4 nitrogen and oxygen atoms in total. The average Bonchev–Trinajstić information content (AvgIpc) is 2.42. The van der Waals surface area contributed by atoms with Gasteiger partial charge >= 0.3 is 5.97 Å². The number of hydrogen-bond acceptors (Lipinski definition) is 3. The van der Waals surface area contributed by atoms with Gasteiger partial charge < -0.3 is 9.84 Å². The van der Waals surface area contributed by atoms with Gasteiger partial charge in [-0.05, 0) is 13.0 Å². The first kappa shape index (κ1) is 16.4. The molecule has 0 aromatic heterocycles. The number of morpholine rings is 1. The molecular weight excluding hydrogens is 242 g/mol. The van der Waals surface area contributed by atoms with Crippen LogP contribution in [0.15, 0.2) is 0 Å². The van der Waals surface area contributed by atoms with Gasteiger partial charge in [-0.25, -0.2) is 0 Å². The molecule has 0 amide bonds. The van der Waals surface area contributed by atoms with E-state index in [0.29, 0.717) is 13.2 Å². The van der Waals surface area contributed by atoms with Crippen molar-refractivity contribution in [3.8, 4) is 0 Å². The summed E-state index contributed by atoms with van der Waals surface area (Å²) >= 11 is 0. The average molecular weight is 271 g/mol. The van der Waals surface area contributed by atoms with Gasteiger partial charge in [-0.15, -0.1) is 0 Å². The van der Waals surface area contributed by atoms with Crippen LogP contribution in [0.2, 0.25) is 0 Å². The van der Waals surface area contributed by atoms with Crippen LogP contribution in [-0.2, 0) is 9.53 Å². The van der Waals surface area contributed by atoms with Gasteiger partial charge in [0.2, 0.25) is 0 Å². The van der Waals surface area contributed by atoms with Crippen LogP contribution >= 0.6 is 0 Å². The van der Waals surface area contributed by atoms with E-state index in [1.54, 1.807) is 0 Å². The minimum Gasteiger partial charge on any atom is -0.480 e. The molecule has 1 aliphatic heterocycles. The molecular formula is C15H29NO3. The van der Waals surface area contributed by atoms with Crippen molar-refractivity contribution in [3.63, 3.8) is 0 Å². The van der Waals surface area contributed by atoms with Crippen LogP contribution < -0.4 is 0 Å². The van der Waals surface area contributed by atoms with Crippen molar-refractivity contribution in [3.05, 3.63) is 0 Å². The Labute approximate surface area is 117 Å². The van der Waals surface area contributed by atoms with E-state index in [-0.39, 0.29) is 0 Å². The molecule has 0 bridgehead atoms. The van der Waals surface area contributed by atoms with Crippen molar-refractivity contribution >= 4 is 5.97 Å². The Bertz CT molecular complexity index is 246. The minimum absolute atomic E-state index is 0.340. The molecule has 1 heterocycles. The second-order valence-electron chi connectivity index (χ2n) is 5.44. The fraction of sp³-hybridized carbons (Fsp3) is 0.933. The summed E-state index contributed by atoms with van der Waals surface area (Å²) in [6.07, 6.45) is 10.3. The topological polar surface area (TPSA) is 49.8 Å². The zero-order chi connectivity index (χ0) is 13.9. The summed E-state index contributed by atoms with van der Waals surface area (Å²) in [6, 6.07) is -0.432. The Hall–Kier alpha value is -0.610. The van der Waals surface area contributed by atoms with Crippen LogP contribution in [0, 0.1) is 0 Å². The van der Waals surface area contributed by atoms with Crippen LogP contribution in [0.5, 0.6) is 0 Å². The van der Waals surface area contributed by atoms with Crippen LogP contribution in [0.25, 0.3) is 0 Å². The number of carboxylic acid groups (broad SMARTS) is 1. The van der Waals surface area contributed by atoms with Gasteiger partial charge in [0.1, 0.15) is 6.04 Å². The van der Waals surface area contributed by atoms with Gasteiger partial charge in [-0.2, -0.15) is 0 Å². The number of unbranched alkanes of at least 4 members (excludes halogenated alkanes) is 7. The van der Waals surface area contributed by atoms with E-state index in [9.17, 15) is 4.79 Å². The molecule has 0 aromatic rings. The fourth-order valence-electron chi connectivity index (χ4n) is 2.58. The summed E-state index contributed by atoms with van der Waals surface area (Å²) in [4.78, 5) is 13.1. The zero-order valence-electron chi connectivity index (χ0n) is 12.3. The highest BCUT2D eigenvalue weighted by molar-refractivity contribution is 5.73. The molecule has 1 unspecified atom stereocenters. The summed E-state index contributed by atoms with van der Waals surface area (Å²) in [5.41, 5.74) is 0. The second kappa shape index (κ2) is 10.2. The van der Waals surface area contributed by atoms with Crippen molar-refractivity contribution in [2.75, 3.05) is 26.3 Å². The summed E-state index contributed by atoms with van der Waals surface area (Å²) in [6.45, 7) is 4.90. The monoisotopic (exact) mass is 271 g/mol. The fourth-order valence-corrected chi connectivity index (χ4v) is 2.58. The van der Waals surface area contributed by atoms with E-state index in [1.165, 1.54) is 44.9 Å². The van der Waals surface area contributed by atoms with E-state index >= 15 is 0 Å². The van der Waals surface area contributed by atoms with Gasteiger partial charge in [0.05, 0.1) is 13.2 Å². The summed E-state index contributed by atoms with van der Waals surface area (Å²) in [5.74, 6) is -0.751. The Balaban J connectivity index is 2.02. The number of nitrogens with zero attached hydrogens (tertiary/aromatic N) is 1. The van der Waals surface area contributed by atoms with Gasteiger partial charge in [-0.3, -0.25) is 9.69 Å². The Morgan fingerprint density at radius 3 is 2.42 bits per heavy atom. The molecule has 1 N–H and O–H groups in total. The quantitative estimate of drug-likeness (QED) is 0.621. The van der Waals surface area contributed by atoms with Crippen LogP contribution in [-0.4, -0.2) is 48.3 Å². The van der Waals surface area contributed by atoms with Crippen LogP contribution in [0.3, 0.4) is 0 Å². The lowest BCUT2D eigenvalue weighted by molar-refractivity contribution is -0.149. The zero-order valence-corrected chi connectivity index (χ0v) is 12.3. The number of rotatable bonds is 10. The number of ether oxygens (including phenoxy) is 1.